The van der Waals surface area contributed by atoms with Gasteiger partial charge in [-0.05, 0) is 37.5 Å². The second-order valence-corrected chi connectivity index (χ2v) is 32.4. The van der Waals surface area contributed by atoms with Crippen molar-refractivity contribution in [1.29, 1.82) is 0 Å². The summed E-state index contributed by atoms with van der Waals surface area (Å²) in [5.74, 6) is -0.718. The monoisotopic (exact) mass is 1450 g/mol. The predicted molar refractivity (Wildman–Crippen MR) is 405 cm³/mol. The Morgan fingerprint density at radius 3 is 0.768 bits per heavy atom. The number of hydrogen-bond acceptors (Lipinski definition) is 15. The summed E-state index contributed by atoms with van der Waals surface area (Å²) in [5.41, 5.74) is 0. The van der Waals surface area contributed by atoms with E-state index in [1.54, 1.807) is 0 Å². The Hall–Kier alpha value is -1.94. The standard InChI is InChI=1S/C80H156O17P2/c1-7-10-12-14-16-18-20-22-24-26-28-30-32-34-36-38-40-42-50-56-62-77(82)90-68-75(96-79(84)64-58-52-43-41-39-37-35-33-31-29-27-25-23-21-19-17-15-13-11-8-2)70-94-98(86,87)92-66-74(81)67-93-99(88,89)95-71-76(69-91-78(83)63-57-51-46-44-48-54-60-72(4)5)97-80(85)65-59-53-47-45-49-55-61-73(6)9-3/h72-76,81H,7-71H2,1-6H3,(H,86,87)(H,88,89)/t73?,74-,75-,76-/m1/s1. The first-order valence-corrected chi connectivity index (χ1v) is 44.5. The van der Waals surface area contributed by atoms with Crippen LogP contribution >= 0.6 is 15.6 Å². The van der Waals surface area contributed by atoms with Gasteiger partial charge >= 0.3 is 39.5 Å². The zero-order valence-electron chi connectivity index (χ0n) is 64.8. The van der Waals surface area contributed by atoms with E-state index in [1.807, 2.05) is 0 Å². The normalized spacial score (nSPS) is 14.2. The Morgan fingerprint density at radius 2 is 0.515 bits per heavy atom. The molecule has 0 spiro atoms. The molecule has 0 aliphatic rings. The van der Waals surface area contributed by atoms with Gasteiger partial charge in [-0.25, -0.2) is 9.13 Å². The van der Waals surface area contributed by atoms with E-state index < -0.39 is 97.5 Å². The van der Waals surface area contributed by atoms with Crippen LogP contribution in [0.15, 0.2) is 0 Å². The highest BCUT2D eigenvalue weighted by Crippen LogP contribution is 2.45. The molecule has 0 heterocycles. The first-order valence-electron chi connectivity index (χ1n) is 41.5. The van der Waals surface area contributed by atoms with Crippen LogP contribution in [-0.4, -0.2) is 96.7 Å². The summed E-state index contributed by atoms with van der Waals surface area (Å²) in [6.07, 6.45) is 61.6. The third-order valence-electron chi connectivity index (χ3n) is 19.1. The fraction of sp³-hybridized carbons (Fsp3) is 0.950. The molecular weight excluding hydrogens is 1290 g/mol. The minimum atomic E-state index is -4.96. The highest BCUT2D eigenvalue weighted by atomic mass is 31.2. The maximum atomic E-state index is 13.1. The highest BCUT2D eigenvalue weighted by Gasteiger charge is 2.30. The Labute approximate surface area is 607 Å². The zero-order chi connectivity index (χ0) is 72.8. The van der Waals surface area contributed by atoms with Crippen molar-refractivity contribution in [3.8, 4) is 0 Å². The third kappa shape index (κ3) is 72.8. The van der Waals surface area contributed by atoms with Gasteiger partial charge in [-0.2, -0.15) is 0 Å². The zero-order valence-corrected chi connectivity index (χ0v) is 66.6. The molecule has 0 bridgehead atoms. The molecule has 0 saturated heterocycles. The number of hydrogen-bond donors (Lipinski definition) is 3. The lowest BCUT2D eigenvalue weighted by atomic mass is 10.00. The number of ether oxygens (including phenoxy) is 4. The number of aliphatic hydroxyl groups is 1. The van der Waals surface area contributed by atoms with Crippen LogP contribution in [0.3, 0.4) is 0 Å². The van der Waals surface area contributed by atoms with Crippen LogP contribution < -0.4 is 0 Å². The minimum absolute atomic E-state index is 0.102. The number of rotatable bonds is 79. The summed E-state index contributed by atoms with van der Waals surface area (Å²) < 4.78 is 68.6. The van der Waals surface area contributed by atoms with Gasteiger partial charge in [0.25, 0.3) is 0 Å². The van der Waals surface area contributed by atoms with Crippen LogP contribution in [-0.2, 0) is 65.4 Å². The second-order valence-electron chi connectivity index (χ2n) is 29.5. The number of carbonyl (C=O) groups excluding carboxylic acids is 4. The molecule has 0 aromatic heterocycles. The summed E-state index contributed by atoms with van der Waals surface area (Å²) in [5, 5.41) is 10.6. The van der Waals surface area contributed by atoms with E-state index in [4.69, 9.17) is 37.0 Å². The van der Waals surface area contributed by atoms with Crippen molar-refractivity contribution in [3.63, 3.8) is 0 Å². The number of esters is 4. The summed E-state index contributed by atoms with van der Waals surface area (Å²) in [6, 6.07) is 0. The van der Waals surface area contributed by atoms with Crippen LogP contribution in [0.5, 0.6) is 0 Å². The van der Waals surface area contributed by atoms with Crippen LogP contribution in [0, 0.1) is 11.8 Å². The molecule has 3 N–H and O–H groups in total. The van der Waals surface area contributed by atoms with Gasteiger partial charge in [-0.15, -0.1) is 0 Å². The van der Waals surface area contributed by atoms with Crippen molar-refractivity contribution < 1.29 is 80.2 Å². The van der Waals surface area contributed by atoms with Gasteiger partial charge in [-0.1, -0.05) is 369 Å². The number of phosphoric acid groups is 2. The Bertz CT molecular complexity index is 1910. The summed E-state index contributed by atoms with van der Waals surface area (Å²) in [4.78, 5) is 72.8. The molecule has 0 aromatic carbocycles. The first kappa shape index (κ1) is 97.1. The van der Waals surface area contributed by atoms with E-state index in [-0.39, 0.29) is 25.7 Å². The molecule has 19 heteroatoms. The molecule has 0 radical (unpaired) electrons. The van der Waals surface area contributed by atoms with Gasteiger partial charge < -0.3 is 33.8 Å². The topological polar surface area (TPSA) is 237 Å². The Kier molecular flexibility index (Phi) is 70.3. The second kappa shape index (κ2) is 71.7. The molecule has 588 valence electrons. The van der Waals surface area contributed by atoms with Gasteiger partial charge in [0.1, 0.15) is 19.3 Å². The summed E-state index contributed by atoms with van der Waals surface area (Å²) >= 11 is 0. The van der Waals surface area contributed by atoms with Crippen molar-refractivity contribution in [2.45, 2.75) is 439 Å². The minimum Gasteiger partial charge on any atom is -0.462 e. The Morgan fingerprint density at radius 1 is 0.293 bits per heavy atom. The molecular formula is C80H156O17P2. The largest absolute Gasteiger partial charge is 0.472 e. The SMILES string of the molecule is CCCCCCCCCCCCCCCCCCCCCCC(=O)OC[C@H](COP(=O)(O)OC[C@@H](O)COP(=O)(O)OC[C@@H](COC(=O)CCCCCCCCC(C)C)OC(=O)CCCCCCCCC(C)CC)OC(=O)CCCCCCCCCCCCCCCCCCCCCC. The number of phosphoric ester groups is 2. The first-order chi connectivity index (χ1) is 47.9. The average Bonchev–Trinajstić information content (AvgIpc) is 1.29. The van der Waals surface area contributed by atoms with E-state index in [2.05, 4.69) is 41.5 Å². The van der Waals surface area contributed by atoms with Crippen molar-refractivity contribution >= 4 is 39.5 Å². The molecule has 3 unspecified atom stereocenters. The highest BCUT2D eigenvalue weighted by molar-refractivity contribution is 7.47. The molecule has 17 nitrogen and oxygen atoms in total. The molecule has 0 aliphatic heterocycles. The van der Waals surface area contributed by atoms with Crippen molar-refractivity contribution in [3.05, 3.63) is 0 Å². The molecule has 0 aliphatic carbocycles. The average molecular weight is 1450 g/mol. The summed E-state index contributed by atoms with van der Waals surface area (Å²) in [7, 11) is -9.91. The number of aliphatic hydroxyl groups excluding tert-OH is 1. The molecule has 0 aromatic rings. The van der Waals surface area contributed by atoms with Crippen molar-refractivity contribution in [2.24, 2.45) is 11.8 Å². The van der Waals surface area contributed by atoms with Gasteiger partial charge in [0, 0.05) is 25.7 Å². The lowest BCUT2D eigenvalue weighted by Gasteiger charge is -2.21. The Balaban J connectivity index is 5.18. The number of carbonyl (C=O) groups is 4. The molecule has 99 heavy (non-hydrogen) atoms. The lowest BCUT2D eigenvalue weighted by Crippen LogP contribution is -2.30. The van der Waals surface area contributed by atoms with Crippen LogP contribution in [0.4, 0.5) is 0 Å². The molecule has 0 saturated carbocycles. The third-order valence-corrected chi connectivity index (χ3v) is 21.0. The predicted octanol–water partition coefficient (Wildman–Crippen LogP) is 23.9. The van der Waals surface area contributed by atoms with Gasteiger partial charge in [0.05, 0.1) is 26.4 Å². The quantitative estimate of drug-likeness (QED) is 0.0222. The molecule has 6 atom stereocenters. The molecule has 0 rings (SSSR count). The van der Waals surface area contributed by atoms with E-state index in [0.717, 1.165) is 102 Å². The van der Waals surface area contributed by atoms with Gasteiger partial charge in [0.2, 0.25) is 0 Å². The van der Waals surface area contributed by atoms with Gasteiger partial charge in [-0.3, -0.25) is 37.3 Å². The van der Waals surface area contributed by atoms with Crippen LogP contribution in [0.2, 0.25) is 0 Å². The fourth-order valence-electron chi connectivity index (χ4n) is 12.3. The van der Waals surface area contributed by atoms with E-state index in [9.17, 15) is 43.2 Å². The van der Waals surface area contributed by atoms with E-state index >= 15 is 0 Å². The molecule has 0 amide bonds. The van der Waals surface area contributed by atoms with E-state index in [1.165, 1.54) is 231 Å². The fourth-order valence-corrected chi connectivity index (χ4v) is 13.9. The number of unbranched alkanes of at least 4 members (excludes halogenated alkanes) is 48. The van der Waals surface area contributed by atoms with Crippen LogP contribution in [0.1, 0.15) is 420 Å². The van der Waals surface area contributed by atoms with Crippen molar-refractivity contribution in [2.75, 3.05) is 39.6 Å². The van der Waals surface area contributed by atoms with E-state index in [0.29, 0.717) is 31.6 Å². The molecule has 0 fully saturated rings. The van der Waals surface area contributed by atoms with Crippen molar-refractivity contribution in [1.82, 2.24) is 0 Å². The maximum absolute atomic E-state index is 13.1. The summed E-state index contributed by atoms with van der Waals surface area (Å²) in [6.45, 7) is 9.48. The van der Waals surface area contributed by atoms with Crippen LogP contribution in [0.25, 0.3) is 0 Å². The van der Waals surface area contributed by atoms with Gasteiger partial charge in [0.15, 0.2) is 12.2 Å². The lowest BCUT2D eigenvalue weighted by molar-refractivity contribution is -0.161. The smallest absolute Gasteiger partial charge is 0.462 e. The maximum Gasteiger partial charge on any atom is 0.472 e.